The van der Waals surface area contributed by atoms with Gasteiger partial charge in [0, 0.05) is 6.42 Å². The lowest BCUT2D eigenvalue weighted by Gasteiger charge is -2.26. The van der Waals surface area contributed by atoms with Gasteiger partial charge in [-0.15, -0.1) is 0 Å². The monoisotopic (exact) mass is 483 g/mol. The van der Waals surface area contributed by atoms with Crippen molar-refractivity contribution in [3.05, 3.63) is 47.1 Å². The Hall–Kier alpha value is -2.83. The summed E-state index contributed by atoms with van der Waals surface area (Å²) in [6, 6.07) is 6.87. The Morgan fingerprint density at radius 1 is 1.39 bits per heavy atom. The number of aromatic nitrogens is 3. The molecule has 0 spiro atoms. The van der Waals surface area contributed by atoms with Gasteiger partial charge in [0.2, 0.25) is 5.95 Å². The van der Waals surface area contributed by atoms with Crippen molar-refractivity contribution < 1.29 is 33.4 Å². The Bertz CT molecular complexity index is 1070. The van der Waals surface area contributed by atoms with Crippen LogP contribution in [0.15, 0.2) is 41.5 Å². The highest BCUT2D eigenvalue weighted by molar-refractivity contribution is 7.52. The number of nitrogens with two attached hydrogens (primary N) is 1. The molecule has 1 saturated heterocycles. The molecule has 0 saturated carbocycles. The molecule has 1 aromatic carbocycles. The zero-order valence-corrected chi connectivity index (χ0v) is 18.9. The Morgan fingerprint density at radius 3 is 2.70 bits per heavy atom. The largest absolute Gasteiger partial charge is 0.480 e. The third-order valence-electron chi connectivity index (χ3n) is 4.87. The van der Waals surface area contributed by atoms with Crippen LogP contribution in [-0.4, -0.2) is 55.6 Å². The first-order valence-corrected chi connectivity index (χ1v) is 11.7. The normalized spacial score (nSPS) is 23.2. The average molecular weight is 483 g/mol. The summed E-state index contributed by atoms with van der Waals surface area (Å²) in [4.78, 5) is 30.9. The summed E-state index contributed by atoms with van der Waals surface area (Å²) >= 11 is 0. The molecule has 1 aliphatic heterocycles. The summed E-state index contributed by atoms with van der Waals surface area (Å²) in [7, 11) is -4.22. The topological polar surface area (TPSA) is 188 Å². The van der Waals surface area contributed by atoms with Crippen molar-refractivity contribution in [3.63, 3.8) is 0 Å². The van der Waals surface area contributed by atoms with Gasteiger partial charge < -0.3 is 25.2 Å². The first-order chi connectivity index (χ1) is 15.6. The molecule has 0 bridgehead atoms. The van der Waals surface area contributed by atoms with Crippen LogP contribution in [0.25, 0.3) is 0 Å². The molecule has 180 valence electrons. The number of benzene rings is 1. The molecule has 1 fully saturated rings. The molecule has 14 heteroatoms. The number of hydrogen-bond acceptors (Lipinski definition) is 10. The average Bonchev–Trinajstić information content (AvgIpc) is 3.11. The quantitative estimate of drug-likeness (QED) is 0.348. The van der Waals surface area contributed by atoms with Gasteiger partial charge in [0.05, 0.1) is 12.7 Å². The lowest BCUT2D eigenvalue weighted by Crippen LogP contribution is -2.41. The first kappa shape index (κ1) is 24.8. The molecule has 1 aromatic heterocycles. The number of hydrogen-bond donors (Lipinski definition) is 4. The van der Waals surface area contributed by atoms with E-state index in [1.54, 1.807) is 32.0 Å². The van der Waals surface area contributed by atoms with E-state index >= 15 is 0 Å². The van der Waals surface area contributed by atoms with E-state index in [1.807, 2.05) is 0 Å². The van der Waals surface area contributed by atoms with Crippen molar-refractivity contribution in [1.82, 2.24) is 19.6 Å². The van der Waals surface area contributed by atoms with E-state index in [0.29, 0.717) is 0 Å². The van der Waals surface area contributed by atoms with Crippen molar-refractivity contribution >= 4 is 19.7 Å². The van der Waals surface area contributed by atoms with Gasteiger partial charge in [-0.05, 0) is 18.1 Å². The fourth-order valence-electron chi connectivity index (χ4n) is 3.13. The van der Waals surface area contributed by atoms with E-state index in [1.165, 1.54) is 12.1 Å². The summed E-state index contributed by atoms with van der Waals surface area (Å²) < 4.78 is 31.2. The molecule has 13 nitrogen and oxygen atoms in total. The second-order valence-electron chi connectivity index (χ2n) is 7.72. The number of nitrogens with zero attached hydrogens (tertiary/aromatic N) is 3. The summed E-state index contributed by atoms with van der Waals surface area (Å²) in [5, 5.41) is 22.3. The van der Waals surface area contributed by atoms with Gasteiger partial charge >= 0.3 is 19.4 Å². The molecular weight excluding hydrogens is 457 g/mol. The number of carbonyl (C=O) groups is 1. The fourth-order valence-corrected chi connectivity index (χ4v) is 4.80. The third kappa shape index (κ3) is 6.36. The van der Waals surface area contributed by atoms with E-state index in [9.17, 15) is 24.4 Å². The van der Waals surface area contributed by atoms with Crippen LogP contribution < -0.4 is 21.0 Å². The van der Waals surface area contributed by atoms with Gasteiger partial charge in [-0.1, -0.05) is 32.0 Å². The van der Waals surface area contributed by atoms with Crippen LogP contribution in [0.1, 0.15) is 26.5 Å². The molecule has 0 amide bonds. The predicted molar refractivity (Wildman–Crippen MR) is 115 cm³/mol. The molecule has 1 aliphatic rings. The maximum Gasteiger partial charge on any atom is 0.459 e. The Balaban J connectivity index is 1.75. The smallest absolute Gasteiger partial charge is 0.459 e. The molecule has 0 radical (unpaired) electrons. The van der Waals surface area contributed by atoms with Gasteiger partial charge in [0.1, 0.15) is 30.5 Å². The third-order valence-corrected chi connectivity index (χ3v) is 6.40. The van der Waals surface area contributed by atoms with Gasteiger partial charge in [-0.2, -0.15) is 10.1 Å². The van der Waals surface area contributed by atoms with Crippen molar-refractivity contribution in [2.24, 2.45) is 5.92 Å². The molecule has 5 atom stereocenters. The number of rotatable bonds is 10. The van der Waals surface area contributed by atoms with Gasteiger partial charge in [-0.25, -0.2) is 14.3 Å². The van der Waals surface area contributed by atoms with E-state index in [-0.39, 0.29) is 18.1 Å². The number of nitrogen functional groups attached to an aromatic ring is 1. The number of aliphatic hydroxyl groups excluding tert-OH is 1. The summed E-state index contributed by atoms with van der Waals surface area (Å²) in [5.74, 6) is -1.67. The van der Waals surface area contributed by atoms with Crippen LogP contribution in [0.5, 0.6) is 5.75 Å². The van der Waals surface area contributed by atoms with Crippen LogP contribution in [0, 0.1) is 5.92 Å². The summed E-state index contributed by atoms with van der Waals surface area (Å²) in [6.07, 6.45) is -1.80. The highest BCUT2D eigenvalue weighted by Gasteiger charge is 2.40. The second kappa shape index (κ2) is 10.4. The second-order valence-corrected chi connectivity index (χ2v) is 9.42. The van der Waals surface area contributed by atoms with Crippen LogP contribution in [0.4, 0.5) is 5.95 Å². The summed E-state index contributed by atoms with van der Waals surface area (Å²) in [5.41, 5.74) is 4.68. The fraction of sp³-hybridized carbons (Fsp3) is 0.474. The number of anilines is 1. The number of ether oxygens (including phenoxy) is 1. The van der Waals surface area contributed by atoms with Gasteiger partial charge in [0.15, 0.2) is 0 Å². The number of aliphatic hydroxyl groups is 1. The van der Waals surface area contributed by atoms with Crippen molar-refractivity contribution in [1.29, 1.82) is 0 Å². The molecule has 2 heterocycles. The van der Waals surface area contributed by atoms with Crippen LogP contribution in [0.2, 0.25) is 0 Å². The maximum atomic E-state index is 13.5. The molecule has 0 aliphatic carbocycles. The minimum absolute atomic E-state index is 0.0161. The van der Waals surface area contributed by atoms with E-state index in [4.69, 9.17) is 19.5 Å². The van der Waals surface area contributed by atoms with Crippen LogP contribution in [0.3, 0.4) is 0 Å². The van der Waals surface area contributed by atoms with Gasteiger partial charge in [-0.3, -0.25) is 13.9 Å². The molecule has 3 rings (SSSR count). The Morgan fingerprint density at radius 2 is 2.09 bits per heavy atom. The lowest BCUT2D eigenvalue weighted by molar-refractivity contribution is -0.140. The number of para-hydroxylation sites is 1. The Kier molecular flexibility index (Phi) is 7.82. The van der Waals surface area contributed by atoms with E-state index in [2.05, 4.69) is 15.1 Å². The van der Waals surface area contributed by atoms with Gasteiger partial charge in [0.25, 0.3) is 0 Å². The van der Waals surface area contributed by atoms with Crippen LogP contribution >= 0.6 is 7.75 Å². The zero-order valence-electron chi connectivity index (χ0n) is 18.0. The molecular formula is C19H26N5O8P. The molecule has 2 unspecified atom stereocenters. The van der Waals surface area contributed by atoms with E-state index in [0.717, 1.165) is 10.9 Å². The molecule has 5 N–H and O–H groups in total. The van der Waals surface area contributed by atoms with Crippen molar-refractivity contribution in [3.8, 4) is 5.75 Å². The first-order valence-electron chi connectivity index (χ1n) is 10.1. The number of aliphatic carboxylic acids is 1. The van der Waals surface area contributed by atoms with Crippen molar-refractivity contribution in [2.45, 2.75) is 44.7 Å². The predicted octanol–water partition coefficient (Wildman–Crippen LogP) is 0.771. The van der Waals surface area contributed by atoms with Crippen LogP contribution in [-0.2, 0) is 18.6 Å². The minimum atomic E-state index is -4.22. The standard InChI is InChI=1S/C19H26N5O8P/c1-11(2)16(17(26)27)23-33(29,32-12-6-4-3-5-7-12)30-9-14-13(25)8-15(31-14)24-10-21-18(20)22-19(24)28/h3-7,10-11,13-16,25H,8-9H2,1-2H3,(H,23,29)(H,26,27)(H2,20,22,28)/t13-,14+,15+,16?,33?/m0/s1. The summed E-state index contributed by atoms with van der Waals surface area (Å²) in [6.45, 7) is 2.86. The number of nitrogens with one attached hydrogen (secondary N) is 1. The zero-order chi connectivity index (χ0) is 24.2. The Labute approximate surface area is 189 Å². The highest BCUT2D eigenvalue weighted by atomic mass is 31.2. The number of carboxylic acids is 1. The molecule has 2 aromatic rings. The van der Waals surface area contributed by atoms with E-state index < -0.39 is 56.4 Å². The SMILES string of the molecule is CC(C)C(NP(=O)(OC[C@H]1O[C@@H](n2cnc(N)nc2=O)C[C@@H]1O)Oc1ccccc1)C(=O)O. The lowest BCUT2D eigenvalue weighted by atomic mass is 10.1. The highest BCUT2D eigenvalue weighted by Crippen LogP contribution is 2.46. The minimum Gasteiger partial charge on any atom is -0.480 e. The maximum absolute atomic E-state index is 13.5. The molecule has 33 heavy (non-hydrogen) atoms. The number of carboxylic acid groups (broad SMARTS) is 1. The van der Waals surface area contributed by atoms with Crippen molar-refractivity contribution in [2.75, 3.05) is 12.3 Å².